The molecule has 0 fully saturated rings. The van der Waals surface area contributed by atoms with Gasteiger partial charge in [-0.15, -0.1) is 0 Å². The highest BCUT2D eigenvalue weighted by Gasteiger charge is 2.18. The summed E-state index contributed by atoms with van der Waals surface area (Å²) in [6, 6.07) is 5.44. The topological polar surface area (TPSA) is 25.2 Å². The van der Waals surface area contributed by atoms with Crippen LogP contribution in [0.25, 0.3) is 0 Å². The van der Waals surface area contributed by atoms with Crippen molar-refractivity contribution in [1.29, 1.82) is 0 Å². The first-order valence-electron chi connectivity index (χ1n) is 4.87. The fourth-order valence-corrected chi connectivity index (χ4v) is 1.68. The monoisotopic (exact) mass is 223 g/mol. The molecule has 16 heavy (non-hydrogen) atoms. The lowest BCUT2D eigenvalue weighted by Gasteiger charge is -2.15. The molecule has 0 spiro atoms. The molecule has 1 N–H and O–H groups in total. The van der Waals surface area contributed by atoms with Gasteiger partial charge in [-0.25, -0.2) is 8.78 Å². The van der Waals surface area contributed by atoms with E-state index in [1.54, 1.807) is 19.2 Å². The van der Waals surface area contributed by atoms with Gasteiger partial charge in [0.25, 0.3) is 0 Å². The predicted molar refractivity (Wildman–Crippen MR) is 56.0 cm³/mol. The Kier molecular flexibility index (Phi) is 3.01. The second kappa shape index (κ2) is 4.45. The second-order valence-corrected chi connectivity index (χ2v) is 3.42. The summed E-state index contributed by atoms with van der Waals surface area (Å²) < 4.78 is 31.6. The minimum absolute atomic E-state index is 0.268. The zero-order valence-electron chi connectivity index (χ0n) is 8.71. The average molecular weight is 223 g/mol. The molecule has 2 nitrogen and oxygen atoms in total. The number of rotatable bonds is 3. The molecule has 1 heterocycles. The van der Waals surface area contributed by atoms with Crippen LogP contribution in [0, 0.1) is 11.6 Å². The average Bonchev–Trinajstić information content (AvgIpc) is 2.79. The maximum atomic E-state index is 13.6. The zero-order chi connectivity index (χ0) is 11.5. The molecule has 0 saturated carbocycles. The van der Waals surface area contributed by atoms with Gasteiger partial charge in [-0.3, -0.25) is 0 Å². The van der Waals surface area contributed by atoms with E-state index in [1.165, 1.54) is 18.6 Å². The van der Waals surface area contributed by atoms with Crippen molar-refractivity contribution in [3.8, 4) is 0 Å². The number of halogens is 2. The molecule has 0 aliphatic rings. The number of furan rings is 1. The van der Waals surface area contributed by atoms with Crippen molar-refractivity contribution in [2.24, 2.45) is 0 Å². The van der Waals surface area contributed by atoms with Gasteiger partial charge in [-0.2, -0.15) is 0 Å². The minimum atomic E-state index is -0.846. The third kappa shape index (κ3) is 1.84. The van der Waals surface area contributed by atoms with Gasteiger partial charge in [0, 0.05) is 11.1 Å². The van der Waals surface area contributed by atoms with Crippen LogP contribution in [-0.4, -0.2) is 7.05 Å². The molecule has 4 heteroatoms. The summed E-state index contributed by atoms with van der Waals surface area (Å²) >= 11 is 0. The van der Waals surface area contributed by atoms with Crippen molar-refractivity contribution < 1.29 is 13.2 Å². The van der Waals surface area contributed by atoms with Crippen LogP contribution in [-0.2, 0) is 0 Å². The van der Waals surface area contributed by atoms with Crippen LogP contribution in [0.1, 0.15) is 17.2 Å². The molecule has 2 aromatic rings. The van der Waals surface area contributed by atoms with Gasteiger partial charge in [0.2, 0.25) is 0 Å². The van der Waals surface area contributed by atoms with Gasteiger partial charge in [0.05, 0.1) is 18.6 Å². The Balaban J connectivity index is 2.45. The summed E-state index contributed by atoms with van der Waals surface area (Å²) in [5.41, 5.74) is 1.02. The molecule has 0 aliphatic heterocycles. The molecule has 2 rings (SSSR count). The van der Waals surface area contributed by atoms with Crippen molar-refractivity contribution >= 4 is 0 Å². The molecule has 0 bridgehead atoms. The van der Waals surface area contributed by atoms with Crippen molar-refractivity contribution in [3.63, 3.8) is 0 Å². The summed E-state index contributed by atoms with van der Waals surface area (Å²) in [5, 5.41) is 2.92. The lowest BCUT2D eigenvalue weighted by molar-refractivity contribution is 0.485. The van der Waals surface area contributed by atoms with E-state index in [0.717, 1.165) is 11.6 Å². The zero-order valence-corrected chi connectivity index (χ0v) is 8.71. The molecule has 0 amide bonds. The van der Waals surface area contributed by atoms with Crippen LogP contribution >= 0.6 is 0 Å². The third-order valence-electron chi connectivity index (χ3n) is 2.46. The van der Waals surface area contributed by atoms with E-state index in [2.05, 4.69) is 5.32 Å². The first-order chi connectivity index (χ1) is 7.74. The summed E-state index contributed by atoms with van der Waals surface area (Å²) in [4.78, 5) is 0. The SMILES string of the molecule is CNC(c1ccoc1)c1cccc(F)c1F. The van der Waals surface area contributed by atoms with E-state index in [0.29, 0.717) is 0 Å². The van der Waals surface area contributed by atoms with Gasteiger partial charge in [0.1, 0.15) is 0 Å². The Morgan fingerprint density at radius 3 is 2.69 bits per heavy atom. The lowest BCUT2D eigenvalue weighted by Crippen LogP contribution is -2.18. The third-order valence-corrected chi connectivity index (χ3v) is 2.46. The minimum Gasteiger partial charge on any atom is -0.472 e. The second-order valence-electron chi connectivity index (χ2n) is 3.42. The van der Waals surface area contributed by atoms with E-state index in [4.69, 9.17) is 4.42 Å². The first kappa shape index (κ1) is 10.8. The predicted octanol–water partition coefficient (Wildman–Crippen LogP) is 2.87. The van der Waals surface area contributed by atoms with Crippen LogP contribution in [0.3, 0.4) is 0 Å². The Morgan fingerprint density at radius 2 is 2.06 bits per heavy atom. The lowest BCUT2D eigenvalue weighted by atomic mass is 10.0. The fourth-order valence-electron chi connectivity index (χ4n) is 1.68. The normalized spacial score (nSPS) is 12.7. The van der Waals surface area contributed by atoms with Gasteiger partial charge >= 0.3 is 0 Å². The van der Waals surface area contributed by atoms with Gasteiger partial charge in [0.15, 0.2) is 11.6 Å². The van der Waals surface area contributed by atoms with Crippen LogP contribution in [0.15, 0.2) is 41.2 Å². The molecule has 0 saturated heterocycles. The maximum Gasteiger partial charge on any atom is 0.163 e. The Labute approximate surface area is 91.9 Å². The molecule has 1 aromatic carbocycles. The van der Waals surface area contributed by atoms with E-state index in [9.17, 15) is 8.78 Å². The van der Waals surface area contributed by atoms with Crippen molar-refractivity contribution in [2.45, 2.75) is 6.04 Å². The van der Waals surface area contributed by atoms with Crippen molar-refractivity contribution in [3.05, 3.63) is 59.6 Å². The van der Waals surface area contributed by atoms with Gasteiger partial charge in [-0.05, 0) is 19.2 Å². The maximum absolute atomic E-state index is 13.6. The van der Waals surface area contributed by atoms with Crippen LogP contribution in [0.5, 0.6) is 0 Å². The van der Waals surface area contributed by atoms with Crippen LogP contribution in [0.2, 0.25) is 0 Å². The highest BCUT2D eigenvalue weighted by Crippen LogP contribution is 2.25. The fraction of sp³-hybridized carbons (Fsp3) is 0.167. The molecule has 1 aromatic heterocycles. The Morgan fingerprint density at radius 1 is 1.25 bits per heavy atom. The van der Waals surface area contributed by atoms with Gasteiger partial charge in [-0.1, -0.05) is 12.1 Å². The van der Waals surface area contributed by atoms with Gasteiger partial charge < -0.3 is 9.73 Å². The van der Waals surface area contributed by atoms with E-state index < -0.39 is 17.7 Å². The summed E-state index contributed by atoms with van der Waals surface area (Å²) in [5.74, 6) is -1.68. The molecule has 0 aliphatic carbocycles. The van der Waals surface area contributed by atoms with Crippen LogP contribution < -0.4 is 5.32 Å². The standard InChI is InChI=1S/C12H11F2NO/c1-15-12(8-5-6-16-7-8)9-3-2-4-10(13)11(9)14/h2-7,12,15H,1H3. The highest BCUT2D eigenvalue weighted by molar-refractivity contribution is 5.31. The number of hydrogen-bond acceptors (Lipinski definition) is 2. The molecule has 0 radical (unpaired) electrons. The van der Waals surface area contributed by atoms with Crippen LogP contribution in [0.4, 0.5) is 8.78 Å². The number of benzene rings is 1. The van der Waals surface area contributed by atoms with E-state index >= 15 is 0 Å². The number of nitrogens with one attached hydrogen (secondary N) is 1. The quantitative estimate of drug-likeness (QED) is 0.865. The molecule has 1 unspecified atom stereocenters. The highest BCUT2D eigenvalue weighted by atomic mass is 19.2. The Hall–Kier alpha value is -1.68. The van der Waals surface area contributed by atoms with E-state index in [-0.39, 0.29) is 5.56 Å². The van der Waals surface area contributed by atoms with E-state index in [1.807, 2.05) is 0 Å². The summed E-state index contributed by atoms with van der Waals surface area (Å²) in [6.45, 7) is 0. The molecule has 1 atom stereocenters. The number of hydrogen-bond donors (Lipinski definition) is 1. The first-order valence-corrected chi connectivity index (χ1v) is 4.87. The summed E-state index contributed by atoms with van der Waals surface area (Å²) in [7, 11) is 1.68. The molecular weight excluding hydrogens is 212 g/mol. The molecule has 84 valence electrons. The largest absolute Gasteiger partial charge is 0.472 e. The summed E-state index contributed by atoms with van der Waals surface area (Å²) in [6.07, 6.45) is 3.00. The smallest absolute Gasteiger partial charge is 0.163 e. The molecular formula is C12H11F2NO. The van der Waals surface area contributed by atoms with Crippen molar-refractivity contribution in [2.75, 3.05) is 7.05 Å². The Bertz CT molecular complexity index is 468. The van der Waals surface area contributed by atoms with Crippen molar-refractivity contribution in [1.82, 2.24) is 5.32 Å².